The van der Waals surface area contributed by atoms with Crippen molar-refractivity contribution in [3.05, 3.63) is 60.1 Å². The van der Waals surface area contributed by atoms with Gasteiger partial charge in [0.1, 0.15) is 5.82 Å². The topological polar surface area (TPSA) is 91.0 Å². The van der Waals surface area contributed by atoms with Crippen molar-refractivity contribution < 1.29 is 8.83 Å². The van der Waals surface area contributed by atoms with Crippen LogP contribution in [-0.4, -0.2) is 15.0 Å². The molecule has 4 aromatic rings. The lowest BCUT2D eigenvalue weighted by molar-refractivity contribution is 0.530. The van der Waals surface area contributed by atoms with Gasteiger partial charge in [-0.3, -0.25) is 0 Å². The maximum atomic E-state index is 5.99. The minimum atomic E-state index is 0.319. The molecule has 3 aromatic heterocycles. The molecule has 114 valence electrons. The van der Waals surface area contributed by atoms with Crippen LogP contribution in [0.3, 0.4) is 0 Å². The molecule has 0 bridgehead atoms. The van der Waals surface area contributed by atoms with Crippen molar-refractivity contribution in [2.24, 2.45) is 0 Å². The summed E-state index contributed by atoms with van der Waals surface area (Å²) in [6.45, 7) is 0. The SMILES string of the molecule is Nc1nc(CCc2ccccc2)nc2oc(-c3ccco3)nc12. The first-order valence-electron chi connectivity index (χ1n) is 7.30. The van der Waals surface area contributed by atoms with E-state index in [0.717, 1.165) is 6.42 Å². The van der Waals surface area contributed by atoms with E-state index in [2.05, 4.69) is 27.1 Å². The number of nitrogens with zero attached hydrogens (tertiary/aromatic N) is 3. The monoisotopic (exact) mass is 306 g/mol. The number of fused-ring (bicyclic) bond motifs is 1. The average molecular weight is 306 g/mol. The minimum Gasteiger partial charge on any atom is -0.459 e. The fourth-order valence-electron chi connectivity index (χ4n) is 2.41. The Morgan fingerprint density at radius 2 is 1.78 bits per heavy atom. The Bertz CT molecular complexity index is 930. The van der Waals surface area contributed by atoms with Gasteiger partial charge in [0, 0.05) is 6.42 Å². The van der Waals surface area contributed by atoms with Gasteiger partial charge in [0.2, 0.25) is 0 Å². The van der Waals surface area contributed by atoms with Gasteiger partial charge in [0.05, 0.1) is 6.26 Å². The Hall–Kier alpha value is -3.15. The molecule has 3 heterocycles. The van der Waals surface area contributed by atoms with Gasteiger partial charge >= 0.3 is 0 Å². The van der Waals surface area contributed by atoms with Gasteiger partial charge in [-0.05, 0) is 24.1 Å². The maximum absolute atomic E-state index is 5.99. The van der Waals surface area contributed by atoms with E-state index in [9.17, 15) is 0 Å². The summed E-state index contributed by atoms with van der Waals surface area (Å²) >= 11 is 0. The maximum Gasteiger partial charge on any atom is 0.265 e. The second kappa shape index (κ2) is 5.57. The molecule has 0 saturated heterocycles. The number of hydrogen-bond donors (Lipinski definition) is 1. The third-order valence-electron chi connectivity index (χ3n) is 3.54. The molecular formula is C17H14N4O2. The normalized spacial score (nSPS) is 11.1. The second-order valence-electron chi connectivity index (χ2n) is 5.16. The zero-order chi connectivity index (χ0) is 15.6. The fourth-order valence-corrected chi connectivity index (χ4v) is 2.41. The average Bonchev–Trinajstić information content (AvgIpc) is 3.23. The fraction of sp³-hybridized carbons (Fsp3) is 0.118. The molecule has 23 heavy (non-hydrogen) atoms. The zero-order valence-corrected chi connectivity index (χ0v) is 12.3. The number of hydrogen-bond acceptors (Lipinski definition) is 6. The van der Waals surface area contributed by atoms with Gasteiger partial charge < -0.3 is 14.6 Å². The highest BCUT2D eigenvalue weighted by Gasteiger charge is 2.15. The predicted octanol–water partition coefficient (Wildman–Crippen LogP) is 3.25. The highest BCUT2D eigenvalue weighted by atomic mass is 16.4. The van der Waals surface area contributed by atoms with Crippen LogP contribution in [0.4, 0.5) is 5.82 Å². The molecule has 0 unspecified atom stereocenters. The molecule has 0 atom stereocenters. The van der Waals surface area contributed by atoms with Crippen molar-refractivity contribution in [3.8, 4) is 11.7 Å². The number of furan rings is 1. The Kier molecular flexibility index (Phi) is 3.27. The van der Waals surface area contributed by atoms with E-state index in [-0.39, 0.29) is 0 Å². The number of aromatic nitrogens is 3. The van der Waals surface area contributed by atoms with Crippen molar-refractivity contribution in [2.45, 2.75) is 12.8 Å². The lowest BCUT2D eigenvalue weighted by atomic mass is 10.1. The molecule has 0 fully saturated rings. The summed E-state index contributed by atoms with van der Waals surface area (Å²) in [7, 11) is 0. The largest absolute Gasteiger partial charge is 0.459 e. The molecule has 2 N–H and O–H groups in total. The van der Waals surface area contributed by atoms with E-state index >= 15 is 0 Å². The molecule has 4 rings (SSSR count). The van der Waals surface area contributed by atoms with Gasteiger partial charge in [-0.2, -0.15) is 4.98 Å². The summed E-state index contributed by atoms with van der Waals surface area (Å²) in [6, 6.07) is 13.7. The number of benzene rings is 1. The molecule has 0 saturated carbocycles. The Morgan fingerprint density at radius 1 is 0.913 bits per heavy atom. The standard InChI is InChI=1S/C17H14N4O2/c18-15-14-17(23-16(21-14)12-7-4-10-22-12)20-13(19-15)9-8-11-5-2-1-3-6-11/h1-7,10H,8-9H2,(H2,18,19,20). The van der Waals surface area contributed by atoms with Crippen molar-refractivity contribution in [1.82, 2.24) is 15.0 Å². The van der Waals surface area contributed by atoms with E-state index in [4.69, 9.17) is 14.6 Å². The molecular weight excluding hydrogens is 292 g/mol. The predicted molar refractivity (Wildman–Crippen MR) is 85.6 cm³/mol. The molecule has 0 radical (unpaired) electrons. The molecule has 6 heteroatoms. The highest BCUT2D eigenvalue weighted by molar-refractivity contribution is 5.81. The zero-order valence-electron chi connectivity index (χ0n) is 12.3. The van der Waals surface area contributed by atoms with Crippen LogP contribution in [0.25, 0.3) is 22.9 Å². The van der Waals surface area contributed by atoms with Crippen LogP contribution in [0.5, 0.6) is 0 Å². The first-order valence-corrected chi connectivity index (χ1v) is 7.30. The summed E-state index contributed by atoms with van der Waals surface area (Å²) in [4.78, 5) is 13.0. The molecule has 6 nitrogen and oxygen atoms in total. The summed E-state index contributed by atoms with van der Waals surface area (Å²) in [5.74, 6) is 1.85. The lowest BCUT2D eigenvalue weighted by Crippen LogP contribution is -2.02. The molecule has 0 aliphatic rings. The first-order chi connectivity index (χ1) is 11.3. The van der Waals surface area contributed by atoms with Crippen LogP contribution in [0.15, 0.2) is 57.6 Å². The van der Waals surface area contributed by atoms with E-state index < -0.39 is 0 Å². The van der Waals surface area contributed by atoms with Gasteiger partial charge in [-0.1, -0.05) is 30.3 Å². The second-order valence-corrected chi connectivity index (χ2v) is 5.16. The number of aryl methyl sites for hydroxylation is 2. The minimum absolute atomic E-state index is 0.319. The summed E-state index contributed by atoms with van der Waals surface area (Å²) in [5.41, 5.74) is 8.05. The van der Waals surface area contributed by atoms with Crippen molar-refractivity contribution in [3.63, 3.8) is 0 Å². The molecule has 0 spiro atoms. The number of anilines is 1. The van der Waals surface area contributed by atoms with E-state index in [1.54, 1.807) is 18.4 Å². The van der Waals surface area contributed by atoms with Crippen LogP contribution in [0.1, 0.15) is 11.4 Å². The van der Waals surface area contributed by atoms with Crippen molar-refractivity contribution in [2.75, 3.05) is 5.73 Å². The van der Waals surface area contributed by atoms with Crippen LogP contribution in [0.2, 0.25) is 0 Å². The number of nitrogens with two attached hydrogens (primary N) is 1. The van der Waals surface area contributed by atoms with E-state index in [0.29, 0.717) is 40.9 Å². The quantitative estimate of drug-likeness (QED) is 0.622. The number of rotatable bonds is 4. The van der Waals surface area contributed by atoms with Gasteiger partial charge in [0.15, 0.2) is 17.1 Å². The summed E-state index contributed by atoms with van der Waals surface area (Å²) < 4.78 is 10.9. The third-order valence-corrected chi connectivity index (χ3v) is 3.54. The summed E-state index contributed by atoms with van der Waals surface area (Å²) in [6.07, 6.45) is 3.08. The Labute approximate surface area is 132 Å². The van der Waals surface area contributed by atoms with Crippen molar-refractivity contribution in [1.29, 1.82) is 0 Å². The van der Waals surface area contributed by atoms with Crippen LogP contribution in [0, 0.1) is 0 Å². The molecule has 0 aliphatic carbocycles. The van der Waals surface area contributed by atoms with Crippen molar-refractivity contribution >= 4 is 17.0 Å². The first kappa shape index (κ1) is 13.5. The molecule has 0 amide bonds. The molecule has 0 aliphatic heterocycles. The van der Waals surface area contributed by atoms with Crippen LogP contribution < -0.4 is 5.73 Å². The lowest BCUT2D eigenvalue weighted by Gasteiger charge is -2.01. The Morgan fingerprint density at radius 3 is 2.57 bits per heavy atom. The van der Waals surface area contributed by atoms with Crippen LogP contribution >= 0.6 is 0 Å². The van der Waals surface area contributed by atoms with E-state index in [1.807, 2.05) is 18.2 Å². The van der Waals surface area contributed by atoms with Crippen LogP contribution in [-0.2, 0) is 12.8 Å². The third kappa shape index (κ3) is 2.66. The van der Waals surface area contributed by atoms with E-state index in [1.165, 1.54) is 5.56 Å². The molecule has 1 aromatic carbocycles. The van der Waals surface area contributed by atoms with Gasteiger partial charge in [-0.25, -0.2) is 9.97 Å². The van der Waals surface area contributed by atoms with Gasteiger partial charge in [0.25, 0.3) is 11.6 Å². The summed E-state index contributed by atoms with van der Waals surface area (Å²) in [5, 5.41) is 0. The van der Waals surface area contributed by atoms with Gasteiger partial charge in [-0.15, -0.1) is 0 Å². The highest BCUT2D eigenvalue weighted by Crippen LogP contribution is 2.26. The number of nitrogen functional groups attached to an aromatic ring is 1. The number of oxazole rings is 1. The smallest absolute Gasteiger partial charge is 0.265 e. The Balaban J connectivity index is 1.64.